The lowest BCUT2D eigenvalue weighted by molar-refractivity contribution is -0.267. The number of aromatic nitrogens is 2. The van der Waals surface area contributed by atoms with Crippen LogP contribution in [0.2, 0.25) is 0 Å². The number of carbonyl (C=O) groups is 1. The first-order valence-corrected chi connectivity index (χ1v) is 11.3. The Kier molecular flexibility index (Phi) is 8.01. The lowest BCUT2D eigenvalue weighted by Crippen LogP contribution is -2.47. The molecule has 1 amide bonds. The molecule has 0 bridgehead atoms. The van der Waals surface area contributed by atoms with Gasteiger partial charge in [0, 0.05) is 24.2 Å². The highest BCUT2D eigenvalue weighted by molar-refractivity contribution is 6.00. The molecule has 204 valence electrons. The highest BCUT2D eigenvalue weighted by atomic mass is 19.4. The fourth-order valence-corrected chi connectivity index (χ4v) is 3.98. The Balaban J connectivity index is 1.94. The van der Waals surface area contributed by atoms with Gasteiger partial charge in [-0.15, -0.1) is 10.2 Å². The van der Waals surface area contributed by atoms with E-state index in [1.807, 2.05) is 0 Å². The van der Waals surface area contributed by atoms with Crippen LogP contribution < -0.4 is 10.6 Å². The van der Waals surface area contributed by atoms with Crippen molar-refractivity contribution in [2.75, 3.05) is 23.7 Å². The number of anilines is 2. The summed E-state index contributed by atoms with van der Waals surface area (Å²) in [7, 11) is 0. The number of rotatable bonds is 6. The van der Waals surface area contributed by atoms with Crippen molar-refractivity contribution < 1.29 is 39.9 Å². The minimum absolute atomic E-state index is 0.0567. The SMILES string of the molecule is Cc1cc(N[C@@H]2CCCN(C(C)C)C2)nnc1-c1ccc(C(F)(F)F)cc1NC(=O)C(F)(F)C(F)(F)F. The normalized spacial score (nSPS) is 17.7. The molecule has 1 saturated heterocycles. The Hall–Kier alpha value is -3.03. The van der Waals surface area contributed by atoms with Gasteiger partial charge in [0.05, 0.1) is 16.9 Å². The van der Waals surface area contributed by atoms with Gasteiger partial charge in [-0.1, -0.05) is 6.07 Å². The Bertz CT molecular complexity index is 1130. The molecular weight excluding hydrogens is 514 g/mol. The number of benzene rings is 1. The molecule has 2 aromatic rings. The highest BCUT2D eigenvalue weighted by Gasteiger charge is 2.63. The molecule has 1 aromatic heterocycles. The van der Waals surface area contributed by atoms with Crippen LogP contribution in [-0.2, 0) is 11.0 Å². The number of hydrogen-bond donors (Lipinski definition) is 2. The first kappa shape index (κ1) is 28.5. The average molecular weight is 539 g/mol. The molecule has 2 N–H and O–H groups in total. The number of aryl methyl sites for hydroxylation is 1. The van der Waals surface area contributed by atoms with E-state index in [2.05, 4.69) is 34.3 Å². The first-order valence-electron chi connectivity index (χ1n) is 11.3. The number of likely N-dealkylation sites (tertiary alicyclic amines) is 1. The first-order chi connectivity index (χ1) is 17.0. The van der Waals surface area contributed by atoms with E-state index in [-0.39, 0.29) is 23.4 Å². The van der Waals surface area contributed by atoms with Crippen molar-refractivity contribution in [1.29, 1.82) is 0 Å². The molecule has 1 fully saturated rings. The summed E-state index contributed by atoms with van der Waals surface area (Å²) >= 11 is 0. The van der Waals surface area contributed by atoms with Crippen LogP contribution in [0.25, 0.3) is 11.3 Å². The van der Waals surface area contributed by atoms with E-state index >= 15 is 0 Å². The van der Waals surface area contributed by atoms with Crippen LogP contribution in [-0.4, -0.2) is 58.3 Å². The largest absolute Gasteiger partial charge is 0.463 e. The van der Waals surface area contributed by atoms with E-state index in [9.17, 15) is 39.9 Å². The molecule has 0 aliphatic carbocycles. The third kappa shape index (κ3) is 6.46. The van der Waals surface area contributed by atoms with Gasteiger partial charge in [0.2, 0.25) is 0 Å². The lowest BCUT2D eigenvalue weighted by atomic mass is 10.0. The topological polar surface area (TPSA) is 70.2 Å². The molecule has 6 nitrogen and oxygen atoms in total. The number of nitrogens with zero attached hydrogens (tertiary/aromatic N) is 3. The van der Waals surface area contributed by atoms with Gasteiger partial charge >= 0.3 is 24.2 Å². The number of piperidine rings is 1. The summed E-state index contributed by atoms with van der Waals surface area (Å²) in [6.07, 6.45) is -9.37. The summed E-state index contributed by atoms with van der Waals surface area (Å²) in [5.74, 6) is -8.30. The predicted molar refractivity (Wildman–Crippen MR) is 120 cm³/mol. The molecule has 0 saturated carbocycles. The Morgan fingerprint density at radius 3 is 2.30 bits per heavy atom. The molecular formula is C23H25F8N5O. The van der Waals surface area contributed by atoms with Crippen molar-refractivity contribution in [2.24, 2.45) is 0 Å². The predicted octanol–water partition coefficient (Wildman–Crippen LogP) is 5.89. The maximum Gasteiger partial charge on any atom is 0.463 e. The second kappa shape index (κ2) is 10.4. The summed E-state index contributed by atoms with van der Waals surface area (Å²) in [5, 5.41) is 12.5. The van der Waals surface area contributed by atoms with E-state index in [0.717, 1.165) is 32.0 Å². The molecule has 14 heteroatoms. The van der Waals surface area contributed by atoms with Crippen molar-refractivity contribution in [2.45, 2.75) is 64.0 Å². The van der Waals surface area contributed by atoms with E-state index in [1.54, 1.807) is 0 Å². The van der Waals surface area contributed by atoms with Crippen LogP contribution >= 0.6 is 0 Å². The molecule has 37 heavy (non-hydrogen) atoms. The molecule has 0 radical (unpaired) electrons. The zero-order valence-corrected chi connectivity index (χ0v) is 20.1. The summed E-state index contributed by atoms with van der Waals surface area (Å²) in [6.45, 7) is 7.38. The average Bonchev–Trinajstić information content (AvgIpc) is 2.78. The molecule has 2 heterocycles. The number of nitrogens with one attached hydrogen (secondary N) is 2. The van der Waals surface area contributed by atoms with Crippen LogP contribution in [0.1, 0.15) is 37.8 Å². The van der Waals surface area contributed by atoms with Crippen LogP contribution in [0.4, 0.5) is 46.6 Å². The summed E-state index contributed by atoms with van der Waals surface area (Å²) in [4.78, 5) is 14.0. The van der Waals surface area contributed by atoms with Crippen molar-refractivity contribution in [3.8, 4) is 11.3 Å². The number of amides is 1. The number of carbonyl (C=O) groups excluding carboxylic acids is 1. The Labute approximate surface area is 207 Å². The second-order valence-corrected chi connectivity index (χ2v) is 9.12. The molecule has 1 aliphatic rings. The maximum absolute atomic E-state index is 13.5. The van der Waals surface area contributed by atoms with Gasteiger partial charge in [0.1, 0.15) is 5.82 Å². The minimum atomic E-state index is -6.24. The Morgan fingerprint density at radius 1 is 1.05 bits per heavy atom. The van der Waals surface area contributed by atoms with Crippen molar-refractivity contribution in [3.05, 3.63) is 35.4 Å². The molecule has 1 atom stereocenters. The monoisotopic (exact) mass is 539 g/mol. The zero-order valence-electron chi connectivity index (χ0n) is 20.1. The van der Waals surface area contributed by atoms with Gasteiger partial charge in [-0.05, 0) is 63.9 Å². The van der Waals surface area contributed by atoms with Gasteiger partial charge in [0.15, 0.2) is 0 Å². The maximum atomic E-state index is 13.5. The molecule has 0 spiro atoms. The summed E-state index contributed by atoms with van der Waals surface area (Å²) in [6, 6.07) is 3.64. The van der Waals surface area contributed by atoms with Gasteiger partial charge in [-0.25, -0.2) is 0 Å². The van der Waals surface area contributed by atoms with Crippen LogP contribution in [0.3, 0.4) is 0 Å². The van der Waals surface area contributed by atoms with E-state index in [4.69, 9.17) is 0 Å². The standard InChI is InChI=1S/C23H25F8N5O/c1-12(2)36-8-4-5-15(11-36)32-18-9-13(3)19(35-34-18)16-7-6-14(22(26,27)28)10-17(16)33-20(37)21(24,25)23(29,30)31/h6-7,9-10,12,15H,4-5,8,11H2,1-3H3,(H,32,34)(H,33,37)/t15-/m1/s1. The smallest absolute Gasteiger partial charge is 0.365 e. The van der Waals surface area contributed by atoms with Crippen LogP contribution in [0.15, 0.2) is 24.3 Å². The quantitative estimate of drug-likeness (QED) is 0.448. The van der Waals surface area contributed by atoms with E-state index < -0.39 is 35.4 Å². The highest BCUT2D eigenvalue weighted by Crippen LogP contribution is 2.40. The summed E-state index contributed by atoms with van der Waals surface area (Å²) < 4.78 is 105. The third-order valence-electron chi connectivity index (χ3n) is 6.01. The molecule has 1 aromatic carbocycles. The van der Waals surface area contributed by atoms with Crippen LogP contribution in [0.5, 0.6) is 0 Å². The van der Waals surface area contributed by atoms with E-state index in [1.165, 1.54) is 18.3 Å². The fourth-order valence-electron chi connectivity index (χ4n) is 3.98. The van der Waals surface area contributed by atoms with Gasteiger partial charge in [-0.2, -0.15) is 35.1 Å². The van der Waals surface area contributed by atoms with Gasteiger partial charge in [0.25, 0.3) is 0 Å². The molecule has 3 rings (SSSR count). The van der Waals surface area contributed by atoms with E-state index in [0.29, 0.717) is 23.5 Å². The van der Waals surface area contributed by atoms with Crippen LogP contribution in [0, 0.1) is 6.92 Å². The second-order valence-electron chi connectivity index (χ2n) is 9.12. The third-order valence-corrected chi connectivity index (χ3v) is 6.01. The number of hydrogen-bond acceptors (Lipinski definition) is 5. The number of halogens is 8. The molecule has 0 unspecified atom stereocenters. The van der Waals surface area contributed by atoms with Crippen molar-refractivity contribution in [1.82, 2.24) is 15.1 Å². The lowest BCUT2D eigenvalue weighted by Gasteiger charge is -2.35. The Morgan fingerprint density at radius 2 is 1.73 bits per heavy atom. The van der Waals surface area contributed by atoms with Crippen molar-refractivity contribution in [3.63, 3.8) is 0 Å². The van der Waals surface area contributed by atoms with Gasteiger partial charge in [-0.3, -0.25) is 9.69 Å². The minimum Gasteiger partial charge on any atom is -0.365 e. The van der Waals surface area contributed by atoms with Crippen molar-refractivity contribution >= 4 is 17.4 Å². The zero-order chi connectivity index (χ0) is 27.8. The fraction of sp³-hybridized carbons (Fsp3) is 0.522. The van der Waals surface area contributed by atoms with Gasteiger partial charge < -0.3 is 10.6 Å². The number of alkyl halides is 8. The molecule has 1 aliphatic heterocycles. The summed E-state index contributed by atoms with van der Waals surface area (Å²) in [5.41, 5.74) is -2.34.